The largest absolute Gasteiger partial charge is 0.481 e. The van der Waals surface area contributed by atoms with E-state index in [1.165, 1.54) is 11.1 Å². The molecule has 0 unspecified atom stereocenters. The standard InChI is InChI=1S/C15H19NO3/c1-10-5-2-3-6-11(10)12-9-13(12)15(19)16-8-4-7-14(17)18/h2-3,5-6,12-13H,4,7-9H2,1H3,(H,16,19)(H,17,18)/t12-,13-/m0/s1. The zero-order chi connectivity index (χ0) is 13.8. The molecule has 1 aromatic rings. The van der Waals surface area contributed by atoms with Crippen molar-refractivity contribution in [3.8, 4) is 0 Å². The van der Waals surface area contributed by atoms with Crippen molar-refractivity contribution in [2.24, 2.45) is 5.92 Å². The van der Waals surface area contributed by atoms with Gasteiger partial charge >= 0.3 is 5.97 Å². The first-order chi connectivity index (χ1) is 9.09. The van der Waals surface area contributed by atoms with E-state index in [1.807, 2.05) is 12.1 Å². The Balaban J connectivity index is 1.78. The molecule has 1 aromatic carbocycles. The first-order valence-electron chi connectivity index (χ1n) is 6.64. The SMILES string of the molecule is Cc1ccccc1[C@@H]1C[C@@H]1C(=O)NCCCC(=O)O. The summed E-state index contributed by atoms with van der Waals surface area (Å²) < 4.78 is 0. The van der Waals surface area contributed by atoms with E-state index in [0.29, 0.717) is 18.9 Å². The van der Waals surface area contributed by atoms with Gasteiger partial charge in [0.1, 0.15) is 0 Å². The van der Waals surface area contributed by atoms with E-state index in [4.69, 9.17) is 5.11 Å². The average molecular weight is 261 g/mol. The smallest absolute Gasteiger partial charge is 0.303 e. The van der Waals surface area contributed by atoms with Gasteiger partial charge in [0, 0.05) is 18.9 Å². The Hall–Kier alpha value is -1.84. The number of aryl methyl sites for hydroxylation is 1. The van der Waals surface area contributed by atoms with Crippen molar-refractivity contribution in [1.29, 1.82) is 0 Å². The molecule has 1 aliphatic carbocycles. The number of carboxylic acids is 1. The molecule has 2 N–H and O–H groups in total. The van der Waals surface area contributed by atoms with E-state index in [1.54, 1.807) is 0 Å². The zero-order valence-electron chi connectivity index (χ0n) is 11.1. The third kappa shape index (κ3) is 3.56. The predicted octanol–water partition coefficient (Wildman–Crippen LogP) is 2.08. The van der Waals surface area contributed by atoms with Gasteiger partial charge in [0.2, 0.25) is 5.91 Å². The fraction of sp³-hybridized carbons (Fsp3) is 0.467. The minimum atomic E-state index is -0.821. The van der Waals surface area contributed by atoms with Crippen LogP contribution in [0.3, 0.4) is 0 Å². The maximum absolute atomic E-state index is 11.9. The lowest BCUT2D eigenvalue weighted by molar-refractivity contribution is -0.137. The van der Waals surface area contributed by atoms with Gasteiger partial charge in [-0.25, -0.2) is 0 Å². The van der Waals surface area contributed by atoms with Crippen LogP contribution in [-0.2, 0) is 9.59 Å². The molecular formula is C15H19NO3. The fourth-order valence-electron chi connectivity index (χ4n) is 2.41. The van der Waals surface area contributed by atoms with Gasteiger partial charge < -0.3 is 10.4 Å². The van der Waals surface area contributed by atoms with Crippen LogP contribution in [0.2, 0.25) is 0 Å². The molecule has 0 spiro atoms. The minimum absolute atomic E-state index is 0.0543. The Kier molecular flexibility index (Phi) is 4.20. The third-order valence-electron chi connectivity index (χ3n) is 3.58. The van der Waals surface area contributed by atoms with Crippen molar-refractivity contribution in [3.63, 3.8) is 0 Å². The molecule has 1 fully saturated rings. The summed E-state index contributed by atoms with van der Waals surface area (Å²) in [6.45, 7) is 2.51. The number of carbonyl (C=O) groups is 2. The molecular weight excluding hydrogens is 242 g/mol. The minimum Gasteiger partial charge on any atom is -0.481 e. The number of nitrogens with one attached hydrogen (secondary N) is 1. The molecule has 4 nitrogen and oxygen atoms in total. The topological polar surface area (TPSA) is 66.4 Å². The molecule has 1 amide bonds. The second-order valence-electron chi connectivity index (χ2n) is 5.09. The lowest BCUT2D eigenvalue weighted by Gasteiger charge is -2.06. The molecule has 2 rings (SSSR count). The molecule has 1 saturated carbocycles. The maximum atomic E-state index is 11.9. The van der Waals surface area contributed by atoms with Gasteiger partial charge in [0.15, 0.2) is 0 Å². The fourth-order valence-corrected chi connectivity index (χ4v) is 2.41. The van der Waals surface area contributed by atoms with Crippen molar-refractivity contribution >= 4 is 11.9 Å². The lowest BCUT2D eigenvalue weighted by Crippen LogP contribution is -2.26. The van der Waals surface area contributed by atoms with Gasteiger partial charge in [-0.2, -0.15) is 0 Å². The van der Waals surface area contributed by atoms with Gasteiger partial charge in [0.25, 0.3) is 0 Å². The third-order valence-corrected chi connectivity index (χ3v) is 3.58. The van der Waals surface area contributed by atoms with E-state index in [-0.39, 0.29) is 18.2 Å². The summed E-state index contributed by atoms with van der Waals surface area (Å²) in [4.78, 5) is 22.2. The van der Waals surface area contributed by atoms with Crippen molar-refractivity contribution in [1.82, 2.24) is 5.32 Å². The van der Waals surface area contributed by atoms with Crippen LogP contribution < -0.4 is 5.32 Å². The Morgan fingerprint density at radius 2 is 2.11 bits per heavy atom. The van der Waals surface area contributed by atoms with Crippen LogP contribution >= 0.6 is 0 Å². The molecule has 1 aliphatic rings. The van der Waals surface area contributed by atoms with Crippen molar-refractivity contribution in [2.45, 2.75) is 32.1 Å². The Labute approximate surface area is 112 Å². The molecule has 2 atom stereocenters. The quantitative estimate of drug-likeness (QED) is 0.770. The second kappa shape index (κ2) is 5.87. The van der Waals surface area contributed by atoms with Gasteiger partial charge in [-0.3, -0.25) is 9.59 Å². The van der Waals surface area contributed by atoms with E-state index in [9.17, 15) is 9.59 Å². The molecule has 0 aromatic heterocycles. The highest BCUT2D eigenvalue weighted by molar-refractivity contribution is 5.83. The molecule has 0 aliphatic heterocycles. The van der Waals surface area contributed by atoms with Crippen LogP contribution in [-0.4, -0.2) is 23.5 Å². The normalized spacial score (nSPS) is 20.9. The van der Waals surface area contributed by atoms with E-state index < -0.39 is 5.97 Å². The molecule has 4 heteroatoms. The monoisotopic (exact) mass is 261 g/mol. The van der Waals surface area contributed by atoms with Gasteiger partial charge in [-0.1, -0.05) is 24.3 Å². The number of hydrogen-bond acceptors (Lipinski definition) is 2. The predicted molar refractivity (Wildman–Crippen MR) is 71.9 cm³/mol. The zero-order valence-corrected chi connectivity index (χ0v) is 11.1. The summed E-state index contributed by atoms with van der Waals surface area (Å²) in [6, 6.07) is 8.15. The first-order valence-corrected chi connectivity index (χ1v) is 6.64. The van der Waals surface area contributed by atoms with Gasteiger partial charge in [-0.15, -0.1) is 0 Å². The van der Waals surface area contributed by atoms with Crippen LogP contribution in [0.15, 0.2) is 24.3 Å². The van der Waals surface area contributed by atoms with Gasteiger partial charge in [-0.05, 0) is 36.8 Å². The highest BCUT2D eigenvalue weighted by atomic mass is 16.4. The summed E-state index contributed by atoms with van der Waals surface area (Å²) in [5.41, 5.74) is 2.49. The van der Waals surface area contributed by atoms with Crippen molar-refractivity contribution < 1.29 is 14.7 Å². The first kappa shape index (κ1) is 13.6. The van der Waals surface area contributed by atoms with Crippen LogP contribution in [0, 0.1) is 12.8 Å². The Bertz CT molecular complexity index is 484. The lowest BCUT2D eigenvalue weighted by atomic mass is 10.0. The molecule has 0 radical (unpaired) electrons. The molecule has 19 heavy (non-hydrogen) atoms. The summed E-state index contributed by atoms with van der Waals surface area (Å²) in [6.07, 6.45) is 1.49. The number of carboxylic acid groups (broad SMARTS) is 1. The Morgan fingerprint density at radius 3 is 2.79 bits per heavy atom. The number of hydrogen-bond donors (Lipinski definition) is 2. The number of carbonyl (C=O) groups excluding carboxylic acids is 1. The van der Waals surface area contributed by atoms with E-state index >= 15 is 0 Å². The van der Waals surface area contributed by atoms with Crippen molar-refractivity contribution in [3.05, 3.63) is 35.4 Å². The molecule has 0 bridgehead atoms. The Morgan fingerprint density at radius 1 is 1.37 bits per heavy atom. The van der Waals surface area contributed by atoms with Gasteiger partial charge in [0.05, 0.1) is 0 Å². The highest BCUT2D eigenvalue weighted by Crippen LogP contribution is 2.48. The summed E-state index contributed by atoms with van der Waals surface area (Å²) in [7, 11) is 0. The molecule has 0 saturated heterocycles. The number of rotatable bonds is 6. The molecule has 0 heterocycles. The summed E-state index contributed by atoms with van der Waals surface area (Å²) in [5.74, 6) is -0.372. The average Bonchev–Trinajstić information content (AvgIpc) is 3.15. The summed E-state index contributed by atoms with van der Waals surface area (Å²) >= 11 is 0. The van der Waals surface area contributed by atoms with Crippen molar-refractivity contribution in [2.75, 3.05) is 6.54 Å². The second-order valence-corrected chi connectivity index (χ2v) is 5.09. The number of benzene rings is 1. The van der Waals surface area contributed by atoms with Crippen LogP contribution in [0.1, 0.15) is 36.3 Å². The van der Waals surface area contributed by atoms with Crippen LogP contribution in [0.4, 0.5) is 0 Å². The maximum Gasteiger partial charge on any atom is 0.303 e. The number of aliphatic carboxylic acids is 1. The molecule has 102 valence electrons. The van der Waals surface area contributed by atoms with Crippen LogP contribution in [0.25, 0.3) is 0 Å². The van der Waals surface area contributed by atoms with E-state index in [2.05, 4.69) is 24.4 Å². The number of amides is 1. The van der Waals surface area contributed by atoms with E-state index in [0.717, 1.165) is 6.42 Å². The summed E-state index contributed by atoms with van der Waals surface area (Å²) in [5, 5.41) is 11.3. The van der Waals surface area contributed by atoms with Crippen LogP contribution in [0.5, 0.6) is 0 Å². The highest BCUT2D eigenvalue weighted by Gasteiger charge is 2.44.